The highest BCUT2D eigenvalue weighted by Crippen LogP contribution is 2.38. The molecule has 0 radical (unpaired) electrons. The standard InChI is InChI=1S/C29H36FN7O/c1-19(2)37-11-9-36(10-12-37)13-14-38-35-27-16-22(15-26-28(27)20(3)33-29(31)34-26)24-7-6-23(30)17-25(24)21-5-4-8-32-18-21/h4-8,17-19,22H,9-16H2,1-3H3,(H2,31,33,34)/b35-27+. The molecule has 1 unspecified atom stereocenters. The molecule has 1 saturated heterocycles. The van der Waals surface area contributed by atoms with Crippen LogP contribution in [0.5, 0.6) is 0 Å². The maximum absolute atomic E-state index is 14.3. The first-order valence-corrected chi connectivity index (χ1v) is 13.4. The van der Waals surface area contributed by atoms with Crippen molar-refractivity contribution in [3.8, 4) is 11.1 Å². The van der Waals surface area contributed by atoms with Crippen LogP contribution in [-0.2, 0) is 11.3 Å². The van der Waals surface area contributed by atoms with Crippen molar-refractivity contribution >= 4 is 11.7 Å². The molecule has 1 aromatic carbocycles. The molecule has 2 aromatic heterocycles. The van der Waals surface area contributed by atoms with Gasteiger partial charge in [0, 0.05) is 68.7 Å². The average Bonchev–Trinajstić information content (AvgIpc) is 2.91. The van der Waals surface area contributed by atoms with Crippen LogP contribution in [0.3, 0.4) is 0 Å². The van der Waals surface area contributed by atoms with Crippen LogP contribution in [0.15, 0.2) is 47.9 Å². The second-order valence-electron chi connectivity index (χ2n) is 10.4. The van der Waals surface area contributed by atoms with Gasteiger partial charge in [0.25, 0.3) is 0 Å². The van der Waals surface area contributed by atoms with Crippen LogP contribution in [0.1, 0.15) is 48.7 Å². The lowest BCUT2D eigenvalue weighted by molar-refractivity contribution is 0.0689. The molecule has 1 atom stereocenters. The van der Waals surface area contributed by atoms with Crippen molar-refractivity contribution in [2.45, 2.75) is 45.6 Å². The van der Waals surface area contributed by atoms with Crippen LogP contribution in [0, 0.1) is 12.7 Å². The predicted octanol–water partition coefficient (Wildman–Crippen LogP) is 4.05. The summed E-state index contributed by atoms with van der Waals surface area (Å²) in [5, 5.41) is 4.61. The van der Waals surface area contributed by atoms with Gasteiger partial charge in [-0.15, -0.1) is 0 Å². The summed E-state index contributed by atoms with van der Waals surface area (Å²) in [4.78, 5) is 24.0. The Hall–Kier alpha value is -3.43. The van der Waals surface area contributed by atoms with E-state index in [-0.39, 0.29) is 17.7 Å². The Morgan fingerprint density at radius 3 is 2.68 bits per heavy atom. The number of fused-ring (bicyclic) bond motifs is 1. The lowest BCUT2D eigenvalue weighted by Crippen LogP contribution is -2.49. The normalized spacial score (nSPS) is 19.6. The van der Waals surface area contributed by atoms with Gasteiger partial charge in [-0.1, -0.05) is 17.3 Å². The van der Waals surface area contributed by atoms with Crippen molar-refractivity contribution in [2.24, 2.45) is 5.16 Å². The molecule has 2 aliphatic rings. The fourth-order valence-corrected chi connectivity index (χ4v) is 5.58. The number of hydrogen-bond donors (Lipinski definition) is 1. The maximum Gasteiger partial charge on any atom is 0.220 e. The summed E-state index contributed by atoms with van der Waals surface area (Å²) in [7, 11) is 0. The molecule has 9 heteroatoms. The number of rotatable bonds is 7. The van der Waals surface area contributed by atoms with Crippen molar-refractivity contribution in [2.75, 3.05) is 45.1 Å². The number of nitrogens with two attached hydrogens (primary N) is 1. The zero-order valence-electron chi connectivity index (χ0n) is 22.4. The highest BCUT2D eigenvalue weighted by Gasteiger charge is 2.31. The predicted molar refractivity (Wildman–Crippen MR) is 148 cm³/mol. The van der Waals surface area contributed by atoms with Gasteiger partial charge in [-0.25, -0.2) is 14.4 Å². The Bertz CT molecular complexity index is 1290. The summed E-state index contributed by atoms with van der Waals surface area (Å²) < 4.78 is 14.3. The number of nitrogen functional groups attached to an aromatic ring is 1. The minimum Gasteiger partial charge on any atom is -0.394 e. The number of aromatic nitrogens is 3. The Kier molecular flexibility index (Phi) is 7.95. The van der Waals surface area contributed by atoms with Gasteiger partial charge in [0.1, 0.15) is 12.4 Å². The smallest absolute Gasteiger partial charge is 0.220 e. The van der Waals surface area contributed by atoms with Gasteiger partial charge in [0.05, 0.1) is 17.1 Å². The van der Waals surface area contributed by atoms with E-state index in [9.17, 15) is 4.39 Å². The molecule has 200 valence electrons. The largest absolute Gasteiger partial charge is 0.394 e. The molecule has 38 heavy (non-hydrogen) atoms. The van der Waals surface area contributed by atoms with E-state index in [0.29, 0.717) is 25.5 Å². The van der Waals surface area contributed by atoms with E-state index in [1.165, 1.54) is 6.07 Å². The molecule has 3 heterocycles. The number of anilines is 1. The fraction of sp³-hybridized carbons (Fsp3) is 0.448. The third kappa shape index (κ3) is 5.84. The third-order valence-electron chi connectivity index (χ3n) is 7.59. The van der Waals surface area contributed by atoms with Gasteiger partial charge in [0.2, 0.25) is 5.95 Å². The molecule has 1 fully saturated rings. The zero-order chi connectivity index (χ0) is 26.6. The van der Waals surface area contributed by atoms with Crippen LogP contribution in [0.2, 0.25) is 0 Å². The van der Waals surface area contributed by atoms with E-state index < -0.39 is 0 Å². The molecule has 2 N–H and O–H groups in total. The maximum atomic E-state index is 14.3. The molecule has 1 aliphatic carbocycles. The molecule has 0 saturated carbocycles. The second-order valence-corrected chi connectivity index (χ2v) is 10.4. The quantitative estimate of drug-likeness (QED) is 0.373. The highest BCUT2D eigenvalue weighted by atomic mass is 19.1. The number of benzene rings is 1. The highest BCUT2D eigenvalue weighted by molar-refractivity contribution is 6.03. The van der Waals surface area contributed by atoms with Gasteiger partial charge in [0.15, 0.2) is 0 Å². The Balaban J connectivity index is 1.37. The fourth-order valence-electron chi connectivity index (χ4n) is 5.58. The average molecular weight is 518 g/mol. The molecule has 5 rings (SSSR count). The first-order valence-electron chi connectivity index (χ1n) is 13.4. The molecular weight excluding hydrogens is 481 g/mol. The summed E-state index contributed by atoms with van der Waals surface area (Å²) >= 11 is 0. The number of piperazine rings is 1. The van der Waals surface area contributed by atoms with E-state index in [4.69, 9.17) is 10.6 Å². The lowest BCUT2D eigenvalue weighted by Gasteiger charge is -2.36. The van der Waals surface area contributed by atoms with Crippen LogP contribution >= 0.6 is 0 Å². The summed E-state index contributed by atoms with van der Waals surface area (Å²) in [6.45, 7) is 12.0. The molecule has 8 nitrogen and oxygen atoms in total. The summed E-state index contributed by atoms with van der Waals surface area (Å²) in [5.74, 6) is -0.00885. The van der Waals surface area contributed by atoms with Gasteiger partial charge in [-0.3, -0.25) is 14.8 Å². The van der Waals surface area contributed by atoms with E-state index in [1.807, 2.05) is 25.1 Å². The summed E-state index contributed by atoms with van der Waals surface area (Å²) in [6, 6.07) is 9.34. The van der Waals surface area contributed by atoms with Crippen LogP contribution in [0.4, 0.5) is 10.3 Å². The van der Waals surface area contributed by atoms with E-state index in [1.54, 1.807) is 18.5 Å². The number of pyridine rings is 1. The lowest BCUT2D eigenvalue weighted by atomic mass is 9.78. The topological polar surface area (TPSA) is 92.8 Å². The second kappa shape index (κ2) is 11.5. The first-order chi connectivity index (χ1) is 18.4. The van der Waals surface area contributed by atoms with E-state index in [0.717, 1.165) is 72.1 Å². The third-order valence-corrected chi connectivity index (χ3v) is 7.59. The zero-order valence-corrected chi connectivity index (χ0v) is 22.4. The van der Waals surface area contributed by atoms with Crippen molar-refractivity contribution in [3.63, 3.8) is 0 Å². The molecule has 1 aliphatic heterocycles. The van der Waals surface area contributed by atoms with Crippen molar-refractivity contribution in [3.05, 3.63) is 71.1 Å². The molecule has 0 amide bonds. The Labute approximate surface area is 223 Å². The molecule has 3 aromatic rings. The number of aryl methyl sites for hydroxylation is 1. The number of halogens is 1. The van der Waals surface area contributed by atoms with Gasteiger partial charge in [-0.2, -0.15) is 0 Å². The minimum atomic E-state index is -0.280. The van der Waals surface area contributed by atoms with Crippen LogP contribution in [-0.4, -0.2) is 75.8 Å². The van der Waals surface area contributed by atoms with Crippen molar-refractivity contribution in [1.82, 2.24) is 24.8 Å². The van der Waals surface area contributed by atoms with E-state index >= 15 is 0 Å². The number of oxime groups is 1. The van der Waals surface area contributed by atoms with Crippen molar-refractivity contribution < 1.29 is 9.23 Å². The monoisotopic (exact) mass is 517 g/mol. The minimum absolute atomic E-state index is 0.0264. The Morgan fingerprint density at radius 1 is 1.13 bits per heavy atom. The number of hydrogen-bond acceptors (Lipinski definition) is 8. The van der Waals surface area contributed by atoms with Gasteiger partial charge >= 0.3 is 0 Å². The first kappa shape index (κ1) is 26.2. The molecular formula is C29H36FN7O. The van der Waals surface area contributed by atoms with Gasteiger partial charge < -0.3 is 10.6 Å². The van der Waals surface area contributed by atoms with Gasteiger partial charge in [-0.05, 0) is 62.4 Å². The van der Waals surface area contributed by atoms with Crippen molar-refractivity contribution in [1.29, 1.82) is 0 Å². The SMILES string of the molecule is Cc1nc(N)nc2c1/C(=N/OCCN1CCN(C(C)C)CC1)CC(c1ccc(F)cc1-c1cccnc1)C2. The summed E-state index contributed by atoms with van der Waals surface area (Å²) in [5.41, 5.74) is 12.1. The van der Waals surface area contributed by atoms with Crippen LogP contribution < -0.4 is 5.73 Å². The Morgan fingerprint density at radius 2 is 1.95 bits per heavy atom. The molecule has 0 spiro atoms. The molecule has 0 bridgehead atoms. The summed E-state index contributed by atoms with van der Waals surface area (Å²) in [6.07, 6.45) is 4.76. The number of nitrogens with zero attached hydrogens (tertiary/aromatic N) is 6. The van der Waals surface area contributed by atoms with E-state index in [2.05, 4.69) is 43.8 Å². The van der Waals surface area contributed by atoms with Crippen LogP contribution in [0.25, 0.3) is 11.1 Å².